The van der Waals surface area contributed by atoms with E-state index in [1.165, 1.54) is 7.11 Å². The van der Waals surface area contributed by atoms with Crippen molar-refractivity contribution in [1.82, 2.24) is 0 Å². The van der Waals surface area contributed by atoms with Gasteiger partial charge in [0.2, 0.25) is 0 Å². The number of methoxy groups -OCH3 is 1. The number of nitrogens with two attached hydrogens (primary N) is 1. The van der Waals surface area contributed by atoms with E-state index in [0.717, 1.165) is 12.2 Å². The van der Waals surface area contributed by atoms with Crippen molar-refractivity contribution < 1.29 is 9.53 Å². The van der Waals surface area contributed by atoms with Crippen molar-refractivity contribution in [3.8, 4) is 0 Å². The standard InChI is InChI=1S/C7H15NO2S/c1-10-7(9)6(8)4-3-5-11-2/h6H,3-5,8H2,1-2H3. The van der Waals surface area contributed by atoms with Crippen molar-refractivity contribution in [1.29, 1.82) is 0 Å². The molecule has 0 amide bonds. The monoisotopic (exact) mass is 177 g/mol. The van der Waals surface area contributed by atoms with Crippen LogP contribution in [-0.2, 0) is 9.53 Å². The van der Waals surface area contributed by atoms with E-state index >= 15 is 0 Å². The molecule has 0 saturated heterocycles. The molecule has 0 radical (unpaired) electrons. The predicted molar refractivity (Wildman–Crippen MR) is 47.6 cm³/mol. The molecule has 0 aromatic heterocycles. The van der Waals surface area contributed by atoms with Gasteiger partial charge in [-0.3, -0.25) is 4.79 Å². The maximum absolute atomic E-state index is 10.8. The molecule has 0 aliphatic carbocycles. The SMILES string of the molecule is COC(=O)C(N)CCCSC. The van der Waals surface area contributed by atoms with Crippen molar-refractivity contribution in [3.63, 3.8) is 0 Å². The van der Waals surface area contributed by atoms with Gasteiger partial charge in [0.15, 0.2) is 0 Å². The molecule has 2 N–H and O–H groups in total. The van der Waals surface area contributed by atoms with Crippen LogP contribution in [0.2, 0.25) is 0 Å². The Labute approximate surface area is 71.7 Å². The van der Waals surface area contributed by atoms with E-state index in [-0.39, 0.29) is 5.97 Å². The highest BCUT2D eigenvalue weighted by atomic mass is 32.2. The first kappa shape index (κ1) is 10.8. The van der Waals surface area contributed by atoms with E-state index in [4.69, 9.17) is 5.73 Å². The first-order chi connectivity index (χ1) is 5.22. The second-order valence-electron chi connectivity index (χ2n) is 2.26. The summed E-state index contributed by atoms with van der Waals surface area (Å²) in [4.78, 5) is 10.8. The Morgan fingerprint density at radius 2 is 2.36 bits per heavy atom. The quantitative estimate of drug-likeness (QED) is 0.494. The summed E-state index contributed by atoms with van der Waals surface area (Å²) in [5.41, 5.74) is 5.48. The molecule has 3 nitrogen and oxygen atoms in total. The van der Waals surface area contributed by atoms with Gasteiger partial charge in [0.05, 0.1) is 7.11 Å². The van der Waals surface area contributed by atoms with Gasteiger partial charge >= 0.3 is 5.97 Å². The van der Waals surface area contributed by atoms with E-state index in [9.17, 15) is 4.79 Å². The van der Waals surface area contributed by atoms with Crippen molar-refractivity contribution in [2.75, 3.05) is 19.1 Å². The molecular formula is C7H15NO2S. The summed E-state index contributed by atoms with van der Waals surface area (Å²) in [5, 5.41) is 0. The lowest BCUT2D eigenvalue weighted by atomic mass is 10.2. The van der Waals surface area contributed by atoms with E-state index in [0.29, 0.717) is 6.42 Å². The van der Waals surface area contributed by atoms with Crippen LogP contribution in [0.25, 0.3) is 0 Å². The number of hydrogen-bond donors (Lipinski definition) is 1. The van der Waals surface area contributed by atoms with E-state index in [1.54, 1.807) is 11.8 Å². The molecule has 0 aliphatic heterocycles. The highest BCUT2D eigenvalue weighted by Crippen LogP contribution is 2.02. The van der Waals surface area contributed by atoms with E-state index in [1.807, 2.05) is 6.26 Å². The Bertz CT molecular complexity index is 119. The first-order valence-corrected chi connectivity index (χ1v) is 4.94. The minimum atomic E-state index is -0.438. The minimum absolute atomic E-state index is 0.314. The zero-order valence-electron chi connectivity index (χ0n) is 7.00. The normalized spacial score (nSPS) is 12.6. The van der Waals surface area contributed by atoms with Gasteiger partial charge in [-0.15, -0.1) is 0 Å². The summed E-state index contributed by atoms with van der Waals surface area (Å²) in [6.07, 6.45) is 3.72. The molecule has 0 aromatic carbocycles. The van der Waals surface area contributed by atoms with Gasteiger partial charge in [0.25, 0.3) is 0 Å². The third-order valence-electron chi connectivity index (χ3n) is 1.37. The molecule has 0 bridgehead atoms. The van der Waals surface area contributed by atoms with Crippen LogP contribution in [0.1, 0.15) is 12.8 Å². The second kappa shape index (κ2) is 6.49. The Balaban J connectivity index is 3.36. The fraction of sp³-hybridized carbons (Fsp3) is 0.857. The van der Waals surface area contributed by atoms with Crippen LogP contribution < -0.4 is 5.73 Å². The molecule has 66 valence electrons. The van der Waals surface area contributed by atoms with Crippen LogP contribution in [0, 0.1) is 0 Å². The van der Waals surface area contributed by atoms with Gasteiger partial charge in [0, 0.05) is 0 Å². The maximum Gasteiger partial charge on any atom is 0.322 e. The number of thioether (sulfide) groups is 1. The number of carbonyl (C=O) groups excluding carboxylic acids is 1. The summed E-state index contributed by atoms with van der Waals surface area (Å²) >= 11 is 1.76. The molecule has 1 unspecified atom stereocenters. The number of rotatable bonds is 5. The van der Waals surface area contributed by atoms with Crippen LogP contribution in [0.3, 0.4) is 0 Å². The third-order valence-corrected chi connectivity index (χ3v) is 2.06. The van der Waals surface area contributed by atoms with Crippen molar-refractivity contribution in [2.45, 2.75) is 18.9 Å². The van der Waals surface area contributed by atoms with Crippen LogP contribution in [0.4, 0.5) is 0 Å². The van der Waals surface area contributed by atoms with Crippen molar-refractivity contribution in [2.24, 2.45) is 5.73 Å². The number of hydrogen-bond acceptors (Lipinski definition) is 4. The zero-order valence-corrected chi connectivity index (χ0v) is 7.82. The average molecular weight is 177 g/mol. The van der Waals surface area contributed by atoms with Crippen LogP contribution in [-0.4, -0.2) is 31.1 Å². The fourth-order valence-electron chi connectivity index (χ4n) is 0.717. The molecule has 1 atom stereocenters. The summed E-state index contributed by atoms with van der Waals surface area (Å²) in [5.74, 6) is 0.733. The summed E-state index contributed by atoms with van der Waals surface area (Å²) in [7, 11) is 1.36. The topological polar surface area (TPSA) is 52.3 Å². The first-order valence-electron chi connectivity index (χ1n) is 3.54. The third kappa shape index (κ3) is 5.09. The van der Waals surface area contributed by atoms with Gasteiger partial charge in [-0.05, 0) is 24.9 Å². The molecule has 0 fully saturated rings. The molecule has 0 saturated carbocycles. The Morgan fingerprint density at radius 3 is 2.82 bits per heavy atom. The molecule has 0 aliphatic rings. The van der Waals surface area contributed by atoms with Crippen LogP contribution in [0.5, 0.6) is 0 Å². The Kier molecular flexibility index (Phi) is 6.36. The highest BCUT2D eigenvalue weighted by Gasteiger charge is 2.11. The van der Waals surface area contributed by atoms with Gasteiger partial charge in [-0.1, -0.05) is 0 Å². The van der Waals surface area contributed by atoms with Gasteiger partial charge in [-0.2, -0.15) is 11.8 Å². The number of esters is 1. The highest BCUT2D eigenvalue weighted by molar-refractivity contribution is 7.98. The minimum Gasteiger partial charge on any atom is -0.468 e. The van der Waals surface area contributed by atoms with Crippen molar-refractivity contribution in [3.05, 3.63) is 0 Å². The second-order valence-corrected chi connectivity index (χ2v) is 3.25. The Hall–Kier alpha value is -0.220. The van der Waals surface area contributed by atoms with Crippen molar-refractivity contribution >= 4 is 17.7 Å². The summed E-state index contributed by atoms with van der Waals surface area (Å²) in [6, 6.07) is -0.438. The van der Waals surface area contributed by atoms with Gasteiger partial charge in [-0.25, -0.2) is 0 Å². The smallest absolute Gasteiger partial charge is 0.322 e. The summed E-state index contributed by atoms with van der Waals surface area (Å²) in [6.45, 7) is 0. The molecule has 11 heavy (non-hydrogen) atoms. The lowest BCUT2D eigenvalue weighted by molar-refractivity contribution is -0.142. The average Bonchev–Trinajstić information content (AvgIpc) is 2.03. The lowest BCUT2D eigenvalue weighted by Crippen LogP contribution is -2.31. The Morgan fingerprint density at radius 1 is 1.73 bits per heavy atom. The molecule has 0 heterocycles. The predicted octanol–water partition coefficient (Wildman–Crippen LogP) is 0.630. The summed E-state index contributed by atoms with van der Waals surface area (Å²) < 4.78 is 4.47. The van der Waals surface area contributed by atoms with Crippen LogP contribution >= 0.6 is 11.8 Å². The zero-order chi connectivity index (χ0) is 8.69. The van der Waals surface area contributed by atoms with Gasteiger partial charge < -0.3 is 10.5 Å². The molecular weight excluding hydrogens is 162 g/mol. The van der Waals surface area contributed by atoms with E-state index < -0.39 is 6.04 Å². The number of ether oxygens (including phenoxy) is 1. The lowest BCUT2D eigenvalue weighted by Gasteiger charge is -2.07. The largest absolute Gasteiger partial charge is 0.468 e. The fourth-order valence-corrected chi connectivity index (χ4v) is 1.17. The maximum atomic E-state index is 10.8. The number of carbonyl (C=O) groups is 1. The van der Waals surface area contributed by atoms with E-state index in [2.05, 4.69) is 4.74 Å². The van der Waals surface area contributed by atoms with Crippen LogP contribution in [0.15, 0.2) is 0 Å². The molecule has 0 spiro atoms. The van der Waals surface area contributed by atoms with Gasteiger partial charge in [0.1, 0.15) is 6.04 Å². The molecule has 0 rings (SSSR count). The molecule has 0 aromatic rings. The molecule has 4 heteroatoms.